The van der Waals surface area contributed by atoms with Crippen molar-refractivity contribution in [2.45, 2.75) is 26.3 Å². The Morgan fingerprint density at radius 3 is 3.11 bits per heavy atom. The highest BCUT2D eigenvalue weighted by Gasteiger charge is 2.22. The molecule has 19 heavy (non-hydrogen) atoms. The van der Waals surface area contributed by atoms with Gasteiger partial charge in [0.15, 0.2) is 0 Å². The van der Waals surface area contributed by atoms with Gasteiger partial charge in [-0.25, -0.2) is 4.98 Å². The summed E-state index contributed by atoms with van der Waals surface area (Å²) < 4.78 is 0. The van der Waals surface area contributed by atoms with E-state index >= 15 is 0 Å². The molecule has 0 N–H and O–H groups in total. The van der Waals surface area contributed by atoms with Crippen LogP contribution in [0.25, 0.3) is 0 Å². The van der Waals surface area contributed by atoms with E-state index in [-0.39, 0.29) is 5.91 Å². The Morgan fingerprint density at radius 2 is 2.37 bits per heavy atom. The first kappa shape index (κ1) is 13.6. The van der Waals surface area contributed by atoms with Gasteiger partial charge in [-0.2, -0.15) is 0 Å². The molecule has 102 valence electrons. The minimum Gasteiger partial charge on any atom is -0.351 e. The molecule has 0 bridgehead atoms. The second kappa shape index (κ2) is 6.36. The standard InChI is InChI=1S/C15H21N3O/c1-3-6-14(19)18-11-10-17(9-4-2)15-13(12-18)7-5-8-16-15/h4-5,7-8H,2-3,6,9-12H2,1H3. The van der Waals surface area contributed by atoms with Gasteiger partial charge in [-0.05, 0) is 12.5 Å². The summed E-state index contributed by atoms with van der Waals surface area (Å²) >= 11 is 0. The van der Waals surface area contributed by atoms with Crippen LogP contribution in [0.3, 0.4) is 0 Å². The third-order valence-electron chi connectivity index (χ3n) is 3.33. The highest BCUT2D eigenvalue weighted by Crippen LogP contribution is 2.22. The van der Waals surface area contributed by atoms with Crippen LogP contribution in [0.2, 0.25) is 0 Å². The van der Waals surface area contributed by atoms with Gasteiger partial charge in [0.05, 0.1) is 0 Å². The molecule has 1 amide bonds. The van der Waals surface area contributed by atoms with Crippen molar-refractivity contribution in [2.75, 3.05) is 24.5 Å². The number of carbonyl (C=O) groups excluding carboxylic acids is 1. The first-order valence-electron chi connectivity index (χ1n) is 6.83. The summed E-state index contributed by atoms with van der Waals surface area (Å²) in [6, 6.07) is 3.98. The van der Waals surface area contributed by atoms with Gasteiger partial charge in [0.25, 0.3) is 0 Å². The van der Waals surface area contributed by atoms with Crippen molar-refractivity contribution in [3.8, 4) is 0 Å². The number of hydrogen-bond acceptors (Lipinski definition) is 3. The van der Waals surface area contributed by atoms with Gasteiger partial charge < -0.3 is 9.80 Å². The Bertz CT molecular complexity index is 458. The van der Waals surface area contributed by atoms with E-state index in [0.717, 1.165) is 37.4 Å². The lowest BCUT2D eigenvalue weighted by atomic mass is 10.2. The summed E-state index contributed by atoms with van der Waals surface area (Å²) in [4.78, 5) is 20.7. The SMILES string of the molecule is C=CCN1CCN(C(=O)CCC)Cc2cccnc21. The molecule has 1 aliphatic heterocycles. The minimum atomic E-state index is 0.234. The number of aromatic nitrogens is 1. The fourth-order valence-corrected chi connectivity index (χ4v) is 2.39. The van der Waals surface area contributed by atoms with E-state index in [4.69, 9.17) is 0 Å². The Morgan fingerprint density at radius 1 is 1.53 bits per heavy atom. The van der Waals surface area contributed by atoms with Crippen molar-refractivity contribution < 1.29 is 4.79 Å². The second-order valence-corrected chi connectivity index (χ2v) is 4.79. The highest BCUT2D eigenvalue weighted by atomic mass is 16.2. The van der Waals surface area contributed by atoms with Gasteiger partial charge in [0.1, 0.15) is 5.82 Å². The van der Waals surface area contributed by atoms with Crippen LogP contribution < -0.4 is 4.90 Å². The van der Waals surface area contributed by atoms with Crippen molar-refractivity contribution in [2.24, 2.45) is 0 Å². The molecule has 2 rings (SSSR count). The Balaban J connectivity index is 2.23. The normalized spacial score (nSPS) is 14.8. The maximum Gasteiger partial charge on any atom is 0.222 e. The van der Waals surface area contributed by atoms with Gasteiger partial charge >= 0.3 is 0 Å². The Kier molecular flexibility index (Phi) is 4.55. The number of hydrogen-bond donors (Lipinski definition) is 0. The smallest absolute Gasteiger partial charge is 0.222 e. The quantitative estimate of drug-likeness (QED) is 0.778. The molecule has 4 heteroatoms. The molecule has 0 unspecified atom stereocenters. The number of pyridine rings is 1. The number of anilines is 1. The Hall–Kier alpha value is -1.84. The lowest BCUT2D eigenvalue weighted by molar-refractivity contribution is -0.131. The fraction of sp³-hybridized carbons (Fsp3) is 0.467. The maximum atomic E-state index is 12.1. The van der Waals surface area contributed by atoms with Crippen LogP contribution in [0.1, 0.15) is 25.3 Å². The van der Waals surface area contributed by atoms with E-state index < -0.39 is 0 Å². The summed E-state index contributed by atoms with van der Waals surface area (Å²) in [6.07, 6.45) is 5.20. The molecule has 0 atom stereocenters. The molecule has 0 saturated heterocycles. The van der Waals surface area contributed by atoms with E-state index in [0.29, 0.717) is 13.0 Å². The second-order valence-electron chi connectivity index (χ2n) is 4.79. The zero-order valence-corrected chi connectivity index (χ0v) is 11.5. The zero-order chi connectivity index (χ0) is 13.7. The number of carbonyl (C=O) groups is 1. The van der Waals surface area contributed by atoms with Crippen LogP contribution in [0, 0.1) is 0 Å². The molecule has 0 aliphatic carbocycles. The van der Waals surface area contributed by atoms with Gasteiger partial charge in [-0.1, -0.05) is 19.1 Å². The molecule has 0 saturated carbocycles. The molecule has 0 aromatic carbocycles. The number of amides is 1. The maximum absolute atomic E-state index is 12.1. The lowest BCUT2D eigenvalue weighted by Crippen LogP contribution is -2.35. The molecule has 1 aromatic heterocycles. The van der Waals surface area contributed by atoms with Crippen LogP contribution in [0.4, 0.5) is 5.82 Å². The lowest BCUT2D eigenvalue weighted by Gasteiger charge is -2.22. The monoisotopic (exact) mass is 259 g/mol. The molecular formula is C15H21N3O. The molecule has 0 spiro atoms. The predicted molar refractivity (Wildman–Crippen MR) is 77.0 cm³/mol. The summed E-state index contributed by atoms with van der Waals surface area (Å²) in [5, 5.41) is 0. The van der Waals surface area contributed by atoms with E-state index in [2.05, 4.69) is 22.5 Å². The topological polar surface area (TPSA) is 36.4 Å². The summed E-state index contributed by atoms with van der Waals surface area (Å²) in [5.74, 6) is 1.21. The summed E-state index contributed by atoms with van der Waals surface area (Å²) in [6.45, 7) is 8.82. The molecule has 4 nitrogen and oxygen atoms in total. The fourth-order valence-electron chi connectivity index (χ4n) is 2.39. The molecule has 0 fully saturated rings. The van der Waals surface area contributed by atoms with E-state index in [1.54, 1.807) is 6.20 Å². The molecule has 0 radical (unpaired) electrons. The summed E-state index contributed by atoms with van der Waals surface area (Å²) in [5.41, 5.74) is 1.12. The van der Waals surface area contributed by atoms with Crippen LogP contribution in [-0.2, 0) is 11.3 Å². The molecular weight excluding hydrogens is 238 g/mol. The van der Waals surface area contributed by atoms with Gasteiger partial charge in [-0.15, -0.1) is 6.58 Å². The van der Waals surface area contributed by atoms with Crippen molar-refractivity contribution in [1.82, 2.24) is 9.88 Å². The van der Waals surface area contributed by atoms with Gasteiger partial charge in [-0.3, -0.25) is 4.79 Å². The van der Waals surface area contributed by atoms with Crippen molar-refractivity contribution >= 4 is 11.7 Å². The minimum absolute atomic E-state index is 0.234. The summed E-state index contributed by atoms with van der Waals surface area (Å²) in [7, 11) is 0. The third kappa shape index (κ3) is 3.13. The number of nitrogens with zero attached hydrogens (tertiary/aromatic N) is 3. The van der Waals surface area contributed by atoms with E-state index in [1.165, 1.54) is 0 Å². The number of fused-ring (bicyclic) bond motifs is 1. The molecule has 2 heterocycles. The average molecular weight is 259 g/mol. The zero-order valence-electron chi connectivity index (χ0n) is 11.5. The van der Waals surface area contributed by atoms with Crippen molar-refractivity contribution in [1.29, 1.82) is 0 Å². The number of rotatable bonds is 4. The highest BCUT2D eigenvalue weighted by molar-refractivity contribution is 5.76. The molecule has 1 aliphatic rings. The average Bonchev–Trinajstić information content (AvgIpc) is 2.60. The van der Waals surface area contributed by atoms with Crippen molar-refractivity contribution in [3.05, 3.63) is 36.5 Å². The molecule has 1 aromatic rings. The Labute approximate surface area is 114 Å². The van der Waals surface area contributed by atoms with E-state index in [1.807, 2.05) is 24.0 Å². The van der Waals surface area contributed by atoms with Gasteiger partial charge in [0, 0.05) is 44.4 Å². The van der Waals surface area contributed by atoms with Crippen LogP contribution in [0.15, 0.2) is 31.0 Å². The van der Waals surface area contributed by atoms with Crippen LogP contribution >= 0.6 is 0 Å². The van der Waals surface area contributed by atoms with E-state index in [9.17, 15) is 4.79 Å². The third-order valence-corrected chi connectivity index (χ3v) is 3.33. The first-order chi connectivity index (χ1) is 9.26. The van der Waals surface area contributed by atoms with Gasteiger partial charge in [0.2, 0.25) is 5.91 Å². The van der Waals surface area contributed by atoms with Crippen LogP contribution in [-0.4, -0.2) is 35.4 Å². The largest absolute Gasteiger partial charge is 0.351 e. The van der Waals surface area contributed by atoms with Crippen molar-refractivity contribution in [3.63, 3.8) is 0 Å². The van der Waals surface area contributed by atoms with Crippen LogP contribution in [0.5, 0.6) is 0 Å². The predicted octanol–water partition coefficient (Wildman–Crippen LogP) is 2.22. The first-order valence-corrected chi connectivity index (χ1v) is 6.83.